The summed E-state index contributed by atoms with van der Waals surface area (Å²) in [6.45, 7) is 5.11. The molecule has 0 aromatic heterocycles. The van der Waals surface area contributed by atoms with Crippen LogP contribution in [0.3, 0.4) is 0 Å². The highest BCUT2D eigenvalue weighted by atomic mass is 16.1. The highest BCUT2D eigenvalue weighted by Crippen LogP contribution is 2.18. The van der Waals surface area contributed by atoms with E-state index in [4.69, 9.17) is 22.9 Å². The first kappa shape index (κ1) is 28.3. The third-order valence-corrected chi connectivity index (χ3v) is 4.87. The van der Waals surface area contributed by atoms with Gasteiger partial charge >= 0.3 is 0 Å². The van der Waals surface area contributed by atoms with E-state index in [1.807, 2.05) is 6.07 Å². The Kier molecular flexibility index (Phi) is 12.6. The number of unbranched alkanes of at least 4 members (excludes halogenated alkanes) is 5. The highest BCUT2D eigenvalue weighted by Gasteiger charge is 2.09. The van der Waals surface area contributed by atoms with Crippen LogP contribution < -0.4 is 28.3 Å². The molecule has 0 saturated carbocycles. The molecule has 0 unspecified atom stereocenters. The number of carbonyl (C=O) groups is 2. The lowest BCUT2D eigenvalue weighted by Gasteiger charge is -2.11. The third kappa shape index (κ3) is 12.3. The predicted molar refractivity (Wildman–Crippen MR) is 139 cm³/mol. The van der Waals surface area contributed by atoms with Crippen LogP contribution in [0.25, 0.3) is 0 Å². The number of nitrogens with two attached hydrogens (primary N) is 4. The molecule has 11 nitrogen and oxygen atoms in total. The van der Waals surface area contributed by atoms with Gasteiger partial charge in [-0.3, -0.25) is 4.79 Å². The van der Waals surface area contributed by atoms with Crippen LogP contribution in [0.2, 0.25) is 0 Å². The smallest absolute Gasteiger partial charge is 0.224 e. The van der Waals surface area contributed by atoms with Crippen molar-refractivity contribution in [1.82, 2.24) is 0 Å². The molecule has 9 N–H and O–H groups in total. The van der Waals surface area contributed by atoms with Gasteiger partial charge in [0.25, 0.3) is 0 Å². The van der Waals surface area contributed by atoms with Crippen molar-refractivity contribution in [3.05, 3.63) is 29.3 Å². The number of hydrogen-bond acceptors (Lipinski definition) is 6. The third-order valence-electron chi connectivity index (χ3n) is 4.87. The maximum atomic E-state index is 12.5. The van der Waals surface area contributed by atoms with Gasteiger partial charge in [-0.2, -0.15) is 10.2 Å². The minimum atomic E-state index is -0.159. The molecule has 1 aromatic rings. The lowest BCUT2D eigenvalue weighted by Crippen LogP contribution is -2.22. The molecule has 1 amide bonds. The summed E-state index contributed by atoms with van der Waals surface area (Å²) >= 11 is 0. The monoisotopic (exact) mass is 471 g/mol. The van der Waals surface area contributed by atoms with Crippen molar-refractivity contribution >= 4 is 40.7 Å². The number of nitrogens with zero attached hydrogens (tertiary/aromatic N) is 4. The molecule has 1 aromatic carbocycles. The number of guanidine groups is 2. The summed E-state index contributed by atoms with van der Waals surface area (Å²) in [6.07, 6.45) is 6.92. The van der Waals surface area contributed by atoms with Gasteiger partial charge in [0.1, 0.15) is 5.78 Å². The fraction of sp³-hybridized carbons (Fsp3) is 0.478. The number of amides is 1. The first-order valence-corrected chi connectivity index (χ1v) is 11.3. The molecule has 0 bridgehead atoms. The Morgan fingerprint density at radius 3 is 1.56 bits per heavy atom. The van der Waals surface area contributed by atoms with Crippen molar-refractivity contribution in [1.29, 1.82) is 0 Å². The molecular formula is C23H37N9O2. The van der Waals surface area contributed by atoms with E-state index in [-0.39, 0.29) is 23.6 Å². The average Bonchev–Trinajstić information content (AvgIpc) is 2.76. The minimum absolute atomic E-state index is 0.0858. The Labute approximate surface area is 200 Å². The molecule has 0 fully saturated rings. The standard InChI is InChI=1S/C23H37N9O2/c1-15(33)10-8-6-4-5-7-9-11-21(34)28-20-13-18(16(2)29-31-22(24)25)12-19(14-20)17(3)30-32-23(26)27/h12-14H,4-11H2,1-3H3,(H,28,34)(H4,24,25,31)(H4,26,27,32)/b29-16+,30-17+. The van der Waals surface area contributed by atoms with Gasteiger partial charge in [-0.15, -0.1) is 10.2 Å². The maximum absolute atomic E-state index is 12.5. The van der Waals surface area contributed by atoms with Crippen LogP contribution in [-0.4, -0.2) is 35.0 Å². The van der Waals surface area contributed by atoms with Gasteiger partial charge in [0.15, 0.2) is 0 Å². The van der Waals surface area contributed by atoms with Crippen LogP contribution in [0.15, 0.2) is 38.6 Å². The Bertz CT molecular complexity index is 905. The summed E-state index contributed by atoms with van der Waals surface area (Å²) in [7, 11) is 0. The second kappa shape index (κ2) is 15.1. The van der Waals surface area contributed by atoms with E-state index < -0.39 is 0 Å². The van der Waals surface area contributed by atoms with Crippen molar-refractivity contribution in [2.24, 2.45) is 43.3 Å². The molecule has 0 heterocycles. The summed E-state index contributed by atoms with van der Waals surface area (Å²) in [4.78, 5) is 23.4. The first-order valence-electron chi connectivity index (χ1n) is 11.3. The molecule has 34 heavy (non-hydrogen) atoms. The van der Waals surface area contributed by atoms with Gasteiger partial charge in [0.05, 0.1) is 11.4 Å². The van der Waals surface area contributed by atoms with Gasteiger partial charge in [-0.1, -0.05) is 25.7 Å². The summed E-state index contributed by atoms with van der Waals surface area (Å²) in [5, 5.41) is 18.3. The fourth-order valence-electron chi connectivity index (χ4n) is 3.09. The molecule has 0 saturated heterocycles. The zero-order valence-electron chi connectivity index (χ0n) is 20.3. The normalized spacial score (nSPS) is 11.6. The first-order chi connectivity index (χ1) is 16.1. The van der Waals surface area contributed by atoms with Crippen molar-refractivity contribution in [2.45, 2.75) is 72.1 Å². The van der Waals surface area contributed by atoms with Crippen LogP contribution >= 0.6 is 0 Å². The number of hydrogen-bond donors (Lipinski definition) is 5. The molecule has 0 aliphatic rings. The Morgan fingerprint density at radius 1 is 0.676 bits per heavy atom. The minimum Gasteiger partial charge on any atom is -0.369 e. The fourth-order valence-corrected chi connectivity index (χ4v) is 3.09. The van der Waals surface area contributed by atoms with Crippen LogP contribution in [0, 0.1) is 0 Å². The average molecular weight is 472 g/mol. The number of rotatable bonds is 14. The number of benzene rings is 1. The molecule has 0 radical (unpaired) electrons. The number of nitrogens with one attached hydrogen (secondary N) is 1. The van der Waals surface area contributed by atoms with Gasteiger partial charge in [-0.05, 0) is 51.8 Å². The van der Waals surface area contributed by atoms with E-state index in [0.717, 1.165) is 38.5 Å². The largest absolute Gasteiger partial charge is 0.369 e. The van der Waals surface area contributed by atoms with Crippen LogP contribution in [-0.2, 0) is 9.59 Å². The van der Waals surface area contributed by atoms with Crippen molar-refractivity contribution in [2.75, 3.05) is 5.32 Å². The predicted octanol–water partition coefficient (Wildman–Crippen LogP) is 2.33. The SMILES string of the molecule is CC(=O)CCCCCCCCC(=O)Nc1cc(/C(C)=N/N=C(N)N)cc(/C(C)=N/N=C(N)N)c1. The number of carbonyl (C=O) groups excluding carboxylic acids is 2. The maximum Gasteiger partial charge on any atom is 0.224 e. The lowest BCUT2D eigenvalue weighted by molar-refractivity contribution is -0.117. The van der Waals surface area contributed by atoms with Crippen LogP contribution in [0.4, 0.5) is 5.69 Å². The Balaban J connectivity index is 2.83. The zero-order chi connectivity index (χ0) is 25.5. The number of ketones is 1. The Morgan fingerprint density at radius 2 is 1.12 bits per heavy atom. The molecule has 11 heteroatoms. The molecule has 0 atom stereocenters. The van der Waals surface area contributed by atoms with Crippen LogP contribution in [0.5, 0.6) is 0 Å². The summed E-state index contributed by atoms with van der Waals surface area (Å²) in [5.41, 5.74) is 24.5. The van der Waals surface area contributed by atoms with Crippen molar-refractivity contribution < 1.29 is 9.59 Å². The molecule has 0 spiro atoms. The van der Waals surface area contributed by atoms with E-state index >= 15 is 0 Å². The molecule has 0 aliphatic heterocycles. The summed E-state index contributed by atoms with van der Waals surface area (Å²) in [5.74, 6) is -0.168. The van der Waals surface area contributed by atoms with E-state index in [9.17, 15) is 9.59 Å². The van der Waals surface area contributed by atoms with Crippen LogP contribution in [0.1, 0.15) is 83.3 Å². The zero-order valence-corrected chi connectivity index (χ0v) is 20.3. The molecule has 1 rings (SSSR count). The summed E-state index contributed by atoms with van der Waals surface area (Å²) < 4.78 is 0. The van der Waals surface area contributed by atoms with Crippen molar-refractivity contribution in [3.63, 3.8) is 0 Å². The molecule has 186 valence electrons. The quantitative estimate of drug-likeness (QED) is 0.119. The van der Waals surface area contributed by atoms with E-state index in [1.165, 1.54) is 0 Å². The van der Waals surface area contributed by atoms with Crippen molar-refractivity contribution in [3.8, 4) is 0 Å². The lowest BCUT2D eigenvalue weighted by atomic mass is 10.0. The Hall–Kier alpha value is -3.76. The highest BCUT2D eigenvalue weighted by molar-refractivity contribution is 6.06. The summed E-state index contributed by atoms with van der Waals surface area (Å²) in [6, 6.07) is 5.39. The second-order valence-electron chi connectivity index (χ2n) is 8.09. The number of Topliss-reactive ketones (excluding diaryl/α,β-unsaturated/α-hetero) is 1. The molecule has 0 aliphatic carbocycles. The van der Waals surface area contributed by atoms with E-state index in [0.29, 0.717) is 41.1 Å². The van der Waals surface area contributed by atoms with Gasteiger partial charge in [-0.25, -0.2) is 0 Å². The van der Waals surface area contributed by atoms with E-state index in [1.54, 1.807) is 32.9 Å². The number of anilines is 1. The second-order valence-corrected chi connectivity index (χ2v) is 8.09. The topological polar surface area (TPSA) is 200 Å². The van der Waals surface area contributed by atoms with Gasteiger partial charge in [0.2, 0.25) is 17.8 Å². The molecular weight excluding hydrogens is 434 g/mol. The van der Waals surface area contributed by atoms with Gasteiger partial charge in [0, 0.05) is 29.7 Å². The van der Waals surface area contributed by atoms with E-state index in [2.05, 4.69) is 25.7 Å². The van der Waals surface area contributed by atoms with Gasteiger partial charge < -0.3 is 33.0 Å².